The van der Waals surface area contributed by atoms with Crippen molar-refractivity contribution in [1.82, 2.24) is 5.32 Å². The van der Waals surface area contributed by atoms with Crippen LogP contribution >= 0.6 is 0 Å². The molecule has 0 aromatic heterocycles. The molecule has 2 aromatic carbocycles. The highest BCUT2D eigenvalue weighted by molar-refractivity contribution is 5.92. The van der Waals surface area contributed by atoms with Crippen LogP contribution < -0.4 is 15.8 Å². The predicted octanol–water partition coefficient (Wildman–Crippen LogP) is 2.83. The molecule has 0 bridgehead atoms. The fourth-order valence-electron chi connectivity index (χ4n) is 3.07. The molecule has 0 unspecified atom stereocenters. The van der Waals surface area contributed by atoms with Gasteiger partial charge in [-0.2, -0.15) is 0 Å². The van der Waals surface area contributed by atoms with Gasteiger partial charge in [0.1, 0.15) is 12.4 Å². The maximum Gasteiger partial charge on any atom is 0.248 e. The molecule has 0 aliphatic carbocycles. The molecule has 120 valence electrons. The molecular weight excluding hydrogens is 288 g/mol. The summed E-state index contributed by atoms with van der Waals surface area (Å²) in [7, 11) is 0. The van der Waals surface area contributed by atoms with Gasteiger partial charge in [-0.1, -0.05) is 24.3 Å². The molecule has 4 heteroatoms. The quantitative estimate of drug-likeness (QED) is 0.892. The summed E-state index contributed by atoms with van der Waals surface area (Å²) in [4.78, 5) is 11.1. The average Bonchev–Trinajstić information content (AvgIpc) is 2.61. The zero-order chi connectivity index (χ0) is 16.1. The minimum Gasteiger partial charge on any atom is -0.489 e. The van der Waals surface area contributed by atoms with Crippen LogP contribution in [0.5, 0.6) is 5.75 Å². The van der Waals surface area contributed by atoms with E-state index in [1.165, 1.54) is 24.0 Å². The first-order chi connectivity index (χ1) is 11.2. The molecule has 1 aliphatic heterocycles. The van der Waals surface area contributed by atoms with Crippen LogP contribution in [0, 0.1) is 0 Å². The Morgan fingerprint density at radius 1 is 1.09 bits per heavy atom. The van der Waals surface area contributed by atoms with Crippen molar-refractivity contribution in [3.05, 3.63) is 65.2 Å². The summed E-state index contributed by atoms with van der Waals surface area (Å²) in [5.74, 6) is 0.927. The van der Waals surface area contributed by atoms with Crippen molar-refractivity contribution >= 4 is 5.91 Å². The van der Waals surface area contributed by atoms with E-state index in [4.69, 9.17) is 10.5 Å². The Morgan fingerprint density at radius 2 is 1.78 bits per heavy atom. The van der Waals surface area contributed by atoms with Crippen LogP contribution in [0.15, 0.2) is 48.5 Å². The first-order valence-corrected chi connectivity index (χ1v) is 8.05. The van der Waals surface area contributed by atoms with E-state index in [0.29, 0.717) is 18.1 Å². The van der Waals surface area contributed by atoms with Gasteiger partial charge < -0.3 is 15.8 Å². The van der Waals surface area contributed by atoms with E-state index >= 15 is 0 Å². The normalized spacial score (nSPS) is 15.3. The predicted molar refractivity (Wildman–Crippen MR) is 90.6 cm³/mol. The number of benzene rings is 2. The zero-order valence-corrected chi connectivity index (χ0v) is 13.1. The number of hydrogen-bond donors (Lipinski definition) is 2. The van der Waals surface area contributed by atoms with E-state index in [1.54, 1.807) is 24.3 Å². The molecule has 4 nitrogen and oxygen atoms in total. The minimum atomic E-state index is -0.423. The van der Waals surface area contributed by atoms with Gasteiger partial charge >= 0.3 is 0 Å². The molecule has 1 fully saturated rings. The Labute approximate surface area is 136 Å². The van der Waals surface area contributed by atoms with Gasteiger partial charge in [-0.05, 0) is 67.2 Å². The minimum absolute atomic E-state index is 0.423. The van der Waals surface area contributed by atoms with Crippen molar-refractivity contribution in [2.24, 2.45) is 5.73 Å². The lowest BCUT2D eigenvalue weighted by atomic mass is 9.87. The van der Waals surface area contributed by atoms with Crippen molar-refractivity contribution in [3.8, 4) is 5.75 Å². The van der Waals surface area contributed by atoms with Gasteiger partial charge in [0, 0.05) is 5.56 Å². The molecule has 0 spiro atoms. The maximum atomic E-state index is 11.1. The Balaban J connectivity index is 1.69. The van der Waals surface area contributed by atoms with E-state index < -0.39 is 5.91 Å². The van der Waals surface area contributed by atoms with E-state index in [1.807, 2.05) is 0 Å². The lowest BCUT2D eigenvalue weighted by Crippen LogP contribution is -2.27. The molecule has 1 heterocycles. The number of rotatable bonds is 5. The molecule has 2 aromatic rings. The first kappa shape index (κ1) is 15.6. The zero-order valence-electron chi connectivity index (χ0n) is 13.1. The molecule has 0 atom stereocenters. The number of primary amides is 1. The van der Waals surface area contributed by atoms with Crippen LogP contribution in [0.4, 0.5) is 0 Å². The molecule has 0 saturated carbocycles. The monoisotopic (exact) mass is 310 g/mol. The van der Waals surface area contributed by atoms with Crippen molar-refractivity contribution in [3.63, 3.8) is 0 Å². The van der Waals surface area contributed by atoms with Crippen LogP contribution in [0.2, 0.25) is 0 Å². The summed E-state index contributed by atoms with van der Waals surface area (Å²) in [6.07, 6.45) is 2.34. The molecule has 1 amide bonds. The Morgan fingerprint density at radius 3 is 2.48 bits per heavy atom. The highest BCUT2D eigenvalue weighted by Gasteiger charge is 2.17. The van der Waals surface area contributed by atoms with E-state index in [9.17, 15) is 4.79 Å². The molecule has 23 heavy (non-hydrogen) atoms. The Hall–Kier alpha value is -2.33. The number of nitrogens with one attached hydrogen (secondary N) is 1. The summed E-state index contributed by atoms with van der Waals surface area (Å²) in [5.41, 5.74) is 8.37. The largest absolute Gasteiger partial charge is 0.489 e. The van der Waals surface area contributed by atoms with Crippen LogP contribution in [0.1, 0.15) is 40.2 Å². The SMILES string of the molecule is NC(=O)c1ccc(OCc2ccccc2C2CCNCC2)cc1. The number of carbonyl (C=O) groups is 1. The highest BCUT2D eigenvalue weighted by atomic mass is 16.5. The fourth-order valence-corrected chi connectivity index (χ4v) is 3.07. The summed E-state index contributed by atoms with van der Waals surface area (Å²) in [6.45, 7) is 2.69. The number of ether oxygens (including phenoxy) is 1. The second-order valence-electron chi connectivity index (χ2n) is 5.90. The fraction of sp³-hybridized carbons (Fsp3) is 0.316. The van der Waals surface area contributed by atoms with Gasteiger partial charge in [-0.3, -0.25) is 4.79 Å². The second-order valence-corrected chi connectivity index (χ2v) is 5.90. The standard InChI is InChI=1S/C19H22N2O2/c20-19(22)15-5-7-17(8-6-15)23-13-16-3-1-2-4-18(16)14-9-11-21-12-10-14/h1-8,14,21H,9-13H2,(H2,20,22). The Bertz CT molecular complexity index is 661. The third-order valence-electron chi connectivity index (χ3n) is 4.37. The summed E-state index contributed by atoms with van der Waals surface area (Å²) >= 11 is 0. The Kier molecular flexibility index (Phi) is 4.93. The summed E-state index contributed by atoms with van der Waals surface area (Å²) < 4.78 is 5.89. The van der Waals surface area contributed by atoms with Crippen molar-refractivity contribution < 1.29 is 9.53 Å². The number of carbonyl (C=O) groups excluding carboxylic acids is 1. The summed E-state index contributed by atoms with van der Waals surface area (Å²) in [5, 5.41) is 3.41. The highest BCUT2D eigenvalue weighted by Crippen LogP contribution is 2.28. The van der Waals surface area contributed by atoms with Crippen LogP contribution in [0.25, 0.3) is 0 Å². The number of hydrogen-bond acceptors (Lipinski definition) is 3. The summed E-state index contributed by atoms with van der Waals surface area (Å²) in [6, 6.07) is 15.5. The topological polar surface area (TPSA) is 64.4 Å². The van der Waals surface area contributed by atoms with Crippen molar-refractivity contribution in [2.75, 3.05) is 13.1 Å². The first-order valence-electron chi connectivity index (χ1n) is 8.05. The molecule has 3 rings (SSSR count). The molecule has 1 saturated heterocycles. The average molecular weight is 310 g/mol. The molecule has 1 aliphatic rings. The lowest BCUT2D eigenvalue weighted by Gasteiger charge is -2.25. The molecule has 3 N–H and O–H groups in total. The van der Waals surface area contributed by atoms with E-state index in [-0.39, 0.29) is 0 Å². The number of piperidine rings is 1. The van der Waals surface area contributed by atoms with Crippen LogP contribution in [0.3, 0.4) is 0 Å². The van der Waals surface area contributed by atoms with Crippen molar-refractivity contribution in [1.29, 1.82) is 0 Å². The smallest absolute Gasteiger partial charge is 0.248 e. The third kappa shape index (κ3) is 3.90. The van der Waals surface area contributed by atoms with E-state index in [2.05, 4.69) is 29.6 Å². The number of amides is 1. The molecule has 0 radical (unpaired) electrons. The number of nitrogens with two attached hydrogens (primary N) is 1. The lowest BCUT2D eigenvalue weighted by molar-refractivity contribution is 0.100. The van der Waals surface area contributed by atoms with E-state index in [0.717, 1.165) is 18.8 Å². The van der Waals surface area contributed by atoms with Gasteiger partial charge in [0.25, 0.3) is 0 Å². The second kappa shape index (κ2) is 7.29. The van der Waals surface area contributed by atoms with Crippen LogP contribution in [-0.4, -0.2) is 19.0 Å². The van der Waals surface area contributed by atoms with Gasteiger partial charge in [0.15, 0.2) is 0 Å². The van der Waals surface area contributed by atoms with Crippen molar-refractivity contribution in [2.45, 2.75) is 25.4 Å². The third-order valence-corrected chi connectivity index (χ3v) is 4.37. The van der Waals surface area contributed by atoms with Crippen LogP contribution in [-0.2, 0) is 6.61 Å². The van der Waals surface area contributed by atoms with Gasteiger partial charge in [-0.25, -0.2) is 0 Å². The van der Waals surface area contributed by atoms with Gasteiger partial charge in [0.2, 0.25) is 5.91 Å². The van der Waals surface area contributed by atoms with Gasteiger partial charge in [-0.15, -0.1) is 0 Å². The van der Waals surface area contributed by atoms with Gasteiger partial charge in [0.05, 0.1) is 0 Å². The maximum absolute atomic E-state index is 11.1. The molecular formula is C19H22N2O2.